The zero-order valence-corrected chi connectivity index (χ0v) is 16.9. The Morgan fingerprint density at radius 3 is 2.38 bits per heavy atom. The first kappa shape index (κ1) is 20.2. The first-order chi connectivity index (χ1) is 13.8. The molecule has 2 amide bonds. The zero-order valence-electron chi connectivity index (χ0n) is 16.9. The molecule has 0 aliphatic rings. The third-order valence-electron chi connectivity index (χ3n) is 3.84. The number of anilines is 2. The van der Waals surface area contributed by atoms with E-state index in [0.717, 1.165) is 0 Å². The average Bonchev–Trinajstić information content (AvgIpc) is 3.14. The van der Waals surface area contributed by atoms with E-state index in [1.54, 1.807) is 48.7 Å². The van der Waals surface area contributed by atoms with Gasteiger partial charge >= 0.3 is 6.03 Å². The third kappa shape index (κ3) is 5.71. The highest BCUT2D eigenvalue weighted by molar-refractivity contribution is 5.99. The molecule has 0 aliphatic carbocycles. The lowest BCUT2D eigenvalue weighted by Crippen LogP contribution is -2.19. The minimum Gasteiger partial charge on any atom is -0.478 e. The first-order valence-electron chi connectivity index (χ1n) is 9.25. The average molecular weight is 396 g/mol. The molecule has 152 valence electrons. The summed E-state index contributed by atoms with van der Waals surface area (Å²) in [4.78, 5) is 16.3. The molecule has 0 saturated heterocycles. The molecule has 0 unspecified atom stereocenters. The van der Waals surface area contributed by atoms with E-state index in [4.69, 9.17) is 14.0 Å². The summed E-state index contributed by atoms with van der Waals surface area (Å²) in [5.74, 6) is 2.81. The van der Waals surface area contributed by atoms with Crippen molar-refractivity contribution in [3.05, 3.63) is 54.4 Å². The zero-order chi connectivity index (χ0) is 20.9. The summed E-state index contributed by atoms with van der Waals surface area (Å²) in [5, 5.41) is 9.24. The summed E-state index contributed by atoms with van der Waals surface area (Å²) < 4.78 is 16.3. The SMILES string of the molecule is CCOc1ccc(Oc2ccc(NC(=O)Nc3cc(C(C)(C)C)on3)cc2)cn1. The molecule has 2 aromatic heterocycles. The van der Waals surface area contributed by atoms with Gasteiger partial charge in [0.2, 0.25) is 5.88 Å². The fourth-order valence-electron chi connectivity index (χ4n) is 2.37. The van der Waals surface area contributed by atoms with Crippen LogP contribution < -0.4 is 20.1 Å². The predicted octanol–water partition coefficient (Wildman–Crippen LogP) is 5.20. The van der Waals surface area contributed by atoms with Crippen LogP contribution in [-0.2, 0) is 5.41 Å². The minimum atomic E-state index is -0.414. The fourth-order valence-corrected chi connectivity index (χ4v) is 2.37. The number of benzene rings is 1. The van der Waals surface area contributed by atoms with Crippen molar-refractivity contribution in [3.63, 3.8) is 0 Å². The van der Waals surface area contributed by atoms with Gasteiger partial charge in [0.05, 0.1) is 12.8 Å². The number of pyridine rings is 1. The number of nitrogens with one attached hydrogen (secondary N) is 2. The molecule has 0 aliphatic heterocycles. The standard InChI is InChI=1S/C21H24N4O4/c1-5-27-19-11-10-16(13-22-19)28-15-8-6-14(7-9-15)23-20(26)24-18-12-17(29-25-18)21(2,3)4/h6-13H,5H2,1-4H3,(H2,23,24,25,26). The summed E-state index contributed by atoms with van der Waals surface area (Å²) in [5.41, 5.74) is 0.428. The number of amides is 2. The molecule has 2 heterocycles. The Balaban J connectivity index is 1.54. The second-order valence-electron chi connectivity index (χ2n) is 7.30. The van der Waals surface area contributed by atoms with Crippen molar-refractivity contribution >= 4 is 17.5 Å². The Kier molecular flexibility index (Phi) is 6.01. The largest absolute Gasteiger partial charge is 0.478 e. The van der Waals surface area contributed by atoms with E-state index in [1.165, 1.54) is 0 Å². The van der Waals surface area contributed by atoms with Gasteiger partial charge in [0, 0.05) is 23.2 Å². The maximum Gasteiger partial charge on any atom is 0.324 e. The maximum absolute atomic E-state index is 12.1. The van der Waals surface area contributed by atoms with Crippen LogP contribution in [0.1, 0.15) is 33.5 Å². The summed E-state index contributed by atoms with van der Waals surface area (Å²) in [6.45, 7) is 8.47. The predicted molar refractivity (Wildman–Crippen MR) is 110 cm³/mol. The molecular formula is C21H24N4O4. The van der Waals surface area contributed by atoms with Crippen LogP contribution in [0.5, 0.6) is 17.4 Å². The number of ether oxygens (including phenoxy) is 2. The highest BCUT2D eigenvalue weighted by atomic mass is 16.5. The van der Waals surface area contributed by atoms with Crippen molar-refractivity contribution in [2.75, 3.05) is 17.2 Å². The number of hydrogen-bond donors (Lipinski definition) is 2. The van der Waals surface area contributed by atoms with E-state index in [1.807, 2.05) is 27.7 Å². The van der Waals surface area contributed by atoms with Gasteiger partial charge in [-0.1, -0.05) is 25.9 Å². The van der Waals surface area contributed by atoms with Gasteiger partial charge in [-0.25, -0.2) is 9.78 Å². The molecule has 29 heavy (non-hydrogen) atoms. The van der Waals surface area contributed by atoms with E-state index in [-0.39, 0.29) is 5.41 Å². The number of nitrogens with zero attached hydrogens (tertiary/aromatic N) is 2. The van der Waals surface area contributed by atoms with Crippen LogP contribution in [0.3, 0.4) is 0 Å². The lowest BCUT2D eigenvalue weighted by Gasteiger charge is -2.12. The van der Waals surface area contributed by atoms with Gasteiger partial charge in [0.25, 0.3) is 0 Å². The van der Waals surface area contributed by atoms with E-state index >= 15 is 0 Å². The number of carbonyl (C=O) groups is 1. The van der Waals surface area contributed by atoms with Crippen molar-refractivity contribution in [1.82, 2.24) is 10.1 Å². The molecule has 3 rings (SSSR count). The molecule has 2 N–H and O–H groups in total. The molecule has 3 aromatic rings. The first-order valence-corrected chi connectivity index (χ1v) is 9.25. The van der Waals surface area contributed by atoms with Gasteiger partial charge in [0.15, 0.2) is 5.82 Å². The number of aromatic nitrogens is 2. The van der Waals surface area contributed by atoms with Crippen LogP contribution in [0.4, 0.5) is 16.3 Å². The summed E-state index contributed by atoms with van der Waals surface area (Å²) in [6.07, 6.45) is 1.59. The molecule has 0 radical (unpaired) electrons. The highest BCUT2D eigenvalue weighted by Gasteiger charge is 2.20. The van der Waals surface area contributed by atoms with Crippen LogP contribution in [-0.4, -0.2) is 22.8 Å². The van der Waals surface area contributed by atoms with Crippen molar-refractivity contribution < 1.29 is 18.8 Å². The second-order valence-corrected chi connectivity index (χ2v) is 7.30. The lowest BCUT2D eigenvalue weighted by atomic mass is 9.93. The third-order valence-corrected chi connectivity index (χ3v) is 3.84. The van der Waals surface area contributed by atoms with Gasteiger partial charge < -0.3 is 19.3 Å². The van der Waals surface area contributed by atoms with E-state index in [0.29, 0.717) is 41.3 Å². The lowest BCUT2D eigenvalue weighted by molar-refractivity contribution is 0.262. The Labute approximate surface area is 169 Å². The Bertz CT molecular complexity index is 944. The van der Waals surface area contributed by atoms with E-state index < -0.39 is 6.03 Å². The van der Waals surface area contributed by atoms with Gasteiger partial charge in [0.1, 0.15) is 17.3 Å². The summed E-state index contributed by atoms with van der Waals surface area (Å²) in [7, 11) is 0. The molecule has 0 bridgehead atoms. The van der Waals surface area contributed by atoms with E-state index in [9.17, 15) is 4.79 Å². The number of hydrogen-bond acceptors (Lipinski definition) is 6. The topological polar surface area (TPSA) is 98.5 Å². The summed E-state index contributed by atoms with van der Waals surface area (Å²) >= 11 is 0. The van der Waals surface area contributed by atoms with Crippen molar-refractivity contribution in [2.45, 2.75) is 33.1 Å². The Morgan fingerprint density at radius 1 is 1.07 bits per heavy atom. The normalized spacial score (nSPS) is 11.0. The number of urea groups is 1. The quantitative estimate of drug-likeness (QED) is 0.594. The smallest absolute Gasteiger partial charge is 0.324 e. The Hall–Kier alpha value is -3.55. The molecule has 0 atom stereocenters. The molecule has 8 heteroatoms. The van der Waals surface area contributed by atoms with Crippen molar-refractivity contribution in [1.29, 1.82) is 0 Å². The molecule has 0 saturated carbocycles. The van der Waals surface area contributed by atoms with Crippen LogP contribution in [0, 0.1) is 0 Å². The Morgan fingerprint density at radius 2 is 1.79 bits per heavy atom. The van der Waals surface area contributed by atoms with E-state index in [2.05, 4.69) is 20.8 Å². The van der Waals surface area contributed by atoms with Crippen LogP contribution >= 0.6 is 0 Å². The monoisotopic (exact) mass is 396 g/mol. The highest BCUT2D eigenvalue weighted by Crippen LogP contribution is 2.25. The molecule has 0 fully saturated rings. The number of carbonyl (C=O) groups excluding carboxylic acids is 1. The second kappa shape index (κ2) is 8.64. The number of rotatable bonds is 6. The van der Waals surface area contributed by atoms with Crippen molar-refractivity contribution in [3.8, 4) is 17.4 Å². The van der Waals surface area contributed by atoms with Gasteiger partial charge in [-0.2, -0.15) is 0 Å². The molecular weight excluding hydrogens is 372 g/mol. The minimum absolute atomic E-state index is 0.182. The van der Waals surface area contributed by atoms with Crippen molar-refractivity contribution in [2.24, 2.45) is 0 Å². The summed E-state index contributed by atoms with van der Waals surface area (Å²) in [6, 6.07) is 11.8. The van der Waals surface area contributed by atoms with Gasteiger partial charge in [-0.3, -0.25) is 5.32 Å². The van der Waals surface area contributed by atoms with Gasteiger partial charge in [-0.05, 0) is 37.3 Å². The molecule has 0 spiro atoms. The van der Waals surface area contributed by atoms with Crippen LogP contribution in [0.15, 0.2) is 53.2 Å². The van der Waals surface area contributed by atoms with Gasteiger partial charge in [-0.15, -0.1) is 0 Å². The molecule has 1 aromatic carbocycles. The van der Waals surface area contributed by atoms with Crippen LogP contribution in [0.25, 0.3) is 0 Å². The molecule has 8 nitrogen and oxygen atoms in total. The maximum atomic E-state index is 12.1. The van der Waals surface area contributed by atoms with Crippen LogP contribution in [0.2, 0.25) is 0 Å². The fraction of sp³-hybridized carbons (Fsp3) is 0.286.